The van der Waals surface area contributed by atoms with Gasteiger partial charge in [-0.05, 0) is 42.0 Å². The van der Waals surface area contributed by atoms with Crippen molar-refractivity contribution in [2.24, 2.45) is 5.92 Å². The number of nitrogens with zero attached hydrogens (tertiary/aromatic N) is 3. The van der Waals surface area contributed by atoms with Crippen LogP contribution in [0.2, 0.25) is 0 Å². The highest BCUT2D eigenvalue weighted by atomic mass is 19.4. The molecule has 1 aromatic heterocycles. The summed E-state index contributed by atoms with van der Waals surface area (Å²) in [5, 5.41) is 3.13. The molecule has 1 unspecified atom stereocenters. The van der Waals surface area contributed by atoms with Crippen molar-refractivity contribution < 1.29 is 22.8 Å². The van der Waals surface area contributed by atoms with Gasteiger partial charge >= 0.3 is 6.18 Å². The van der Waals surface area contributed by atoms with Crippen LogP contribution in [0.15, 0.2) is 42.6 Å². The van der Waals surface area contributed by atoms with E-state index in [1.165, 1.54) is 6.07 Å². The number of nitrogens with one attached hydrogen (secondary N) is 1. The Bertz CT molecular complexity index is 1050. The summed E-state index contributed by atoms with van der Waals surface area (Å²) < 4.78 is 38.4. The van der Waals surface area contributed by atoms with Gasteiger partial charge in [-0.25, -0.2) is 4.98 Å². The third-order valence-corrected chi connectivity index (χ3v) is 6.69. The maximum Gasteiger partial charge on any atom is 0.417 e. The predicted octanol–water partition coefficient (Wildman–Crippen LogP) is 4.19. The van der Waals surface area contributed by atoms with Crippen LogP contribution in [0.5, 0.6) is 0 Å². The summed E-state index contributed by atoms with van der Waals surface area (Å²) in [4.78, 5) is 33.9. The van der Waals surface area contributed by atoms with Crippen molar-refractivity contribution in [3.8, 4) is 0 Å². The number of pyridine rings is 1. The zero-order chi connectivity index (χ0) is 25.2. The van der Waals surface area contributed by atoms with E-state index in [0.717, 1.165) is 23.4 Å². The molecule has 3 heterocycles. The minimum Gasteiger partial charge on any atom is -0.356 e. The molecule has 0 spiro atoms. The normalized spacial score (nSPS) is 19.0. The maximum absolute atomic E-state index is 13.3. The number of carbonyl (C=O) groups is 2. The second-order valence-electron chi connectivity index (χ2n) is 9.78. The molecule has 2 aliphatic heterocycles. The summed E-state index contributed by atoms with van der Waals surface area (Å²) in [6.07, 6.45) is -1.38. The van der Waals surface area contributed by atoms with Crippen molar-refractivity contribution >= 4 is 17.6 Å². The Morgan fingerprint density at radius 1 is 1.09 bits per heavy atom. The van der Waals surface area contributed by atoms with E-state index in [-0.39, 0.29) is 23.8 Å². The quantitative estimate of drug-likeness (QED) is 0.686. The SMILES string of the molecule is CC(C)CC(=O)N1Cc2ccccc2CC1C(=O)NC1CCN(c2ccc(C(F)(F)F)cn2)CC1. The molecule has 2 amide bonds. The molecule has 1 saturated heterocycles. The number of hydrogen-bond donors (Lipinski definition) is 1. The highest BCUT2D eigenvalue weighted by Gasteiger charge is 2.36. The summed E-state index contributed by atoms with van der Waals surface area (Å²) in [6, 6.07) is 9.73. The minimum absolute atomic E-state index is 0.0159. The van der Waals surface area contributed by atoms with E-state index >= 15 is 0 Å². The van der Waals surface area contributed by atoms with Gasteiger partial charge in [-0.1, -0.05) is 38.1 Å². The predicted molar refractivity (Wildman–Crippen MR) is 127 cm³/mol. The number of halogens is 3. The van der Waals surface area contributed by atoms with Crippen molar-refractivity contribution in [1.82, 2.24) is 15.2 Å². The van der Waals surface area contributed by atoms with E-state index in [1.807, 2.05) is 43.0 Å². The molecule has 1 N–H and O–H groups in total. The summed E-state index contributed by atoms with van der Waals surface area (Å²) in [6.45, 7) is 5.56. The Balaban J connectivity index is 1.38. The van der Waals surface area contributed by atoms with Crippen molar-refractivity contribution in [3.63, 3.8) is 0 Å². The molecule has 0 radical (unpaired) electrons. The third-order valence-electron chi connectivity index (χ3n) is 6.69. The zero-order valence-corrected chi connectivity index (χ0v) is 20.0. The van der Waals surface area contributed by atoms with E-state index in [4.69, 9.17) is 0 Å². The fourth-order valence-electron chi connectivity index (χ4n) is 4.78. The standard InChI is InChI=1S/C26H31F3N4O2/c1-17(2)13-24(34)33-16-19-6-4-3-5-18(19)14-22(33)25(35)31-21-9-11-32(12-10-21)23-8-7-20(15-30-23)26(27,28)29/h3-8,15,17,21-22H,9-14,16H2,1-2H3,(H,31,35). The first kappa shape index (κ1) is 25.0. The fraction of sp³-hybridized carbons (Fsp3) is 0.500. The maximum atomic E-state index is 13.3. The number of carbonyl (C=O) groups excluding carboxylic acids is 2. The van der Waals surface area contributed by atoms with E-state index in [2.05, 4.69) is 10.3 Å². The summed E-state index contributed by atoms with van der Waals surface area (Å²) >= 11 is 0. The number of aromatic nitrogens is 1. The Morgan fingerprint density at radius 3 is 2.37 bits per heavy atom. The van der Waals surface area contributed by atoms with Gasteiger partial charge in [-0.2, -0.15) is 13.2 Å². The Kier molecular flexibility index (Phi) is 7.33. The Hall–Kier alpha value is -3.10. The zero-order valence-electron chi connectivity index (χ0n) is 20.0. The lowest BCUT2D eigenvalue weighted by atomic mass is 9.92. The van der Waals surface area contributed by atoms with Crippen LogP contribution in [0.4, 0.5) is 19.0 Å². The molecule has 0 bridgehead atoms. The number of rotatable bonds is 5. The molecule has 1 aromatic carbocycles. The molecule has 0 aliphatic carbocycles. The van der Waals surface area contributed by atoms with Crippen LogP contribution in [0, 0.1) is 5.92 Å². The second-order valence-corrected chi connectivity index (χ2v) is 9.78. The Labute approximate surface area is 203 Å². The van der Waals surface area contributed by atoms with E-state index in [0.29, 0.717) is 51.1 Å². The van der Waals surface area contributed by atoms with Gasteiger partial charge in [0, 0.05) is 44.7 Å². The van der Waals surface area contributed by atoms with E-state index in [1.54, 1.807) is 4.90 Å². The second kappa shape index (κ2) is 10.3. The lowest BCUT2D eigenvalue weighted by Crippen LogP contribution is -2.55. The Morgan fingerprint density at radius 2 is 1.77 bits per heavy atom. The molecule has 4 rings (SSSR count). The van der Waals surface area contributed by atoms with Crippen LogP contribution in [0.25, 0.3) is 0 Å². The number of benzene rings is 1. The molecule has 2 aromatic rings. The van der Waals surface area contributed by atoms with Gasteiger partial charge < -0.3 is 15.1 Å². The number of amides is 2. The molecule has 0 saturated carbocycles. The average molecular weight is 489 g/mol. The van der Waals surface area contributed by atoms with Gasteiger partial charge in [-0.15, -0.1) is 0 Å². The van der Waals surface area contributed by atoms with Crippen molar-refractivity contribution in [2.75, 3.05) is 18.0 Å². The summed E-state index contributed by atoms with van der Waals surface area (Å²) in [5.41, 5.74) is 1.39. The molecule has 2 aliphatic rings. The van der Waals surface area contributed by atoms with Crippen LogP contribution in [0.3, 0.4) is 0 Å². The number of hydrogen-bond acceptors (Lipinski definition) is 4. The average Bonchev–Trinajstić information content (AvgIpc) is 2.83. The van der Waals surface area contributed by atoms with Gasteiger partial charge in [0.1, 0.15) is 11.9 Å². The van der Waals surface area contributed by atoms with Crippen molar-refractivity contribution in [1.29, 1.82) is 0 Å². The van der Waals surface area contributed by atoms with Crippen molar-refractivity contribution in [2.45, 2.75) is 64.3 Å². The summed E-state index contributed by atoms with van der Waals surface area (Å²) in [7, 11) is 0. The van der Waals surface area contributed by atoms with Gasteiger partial charge in [-0.3, -0.25) is 9.59 Å². The molecule has 1 atom stereocenters. The largest absolute Gasteiger partial charge is 0.417 e. The van der Waals surface area contributed by atoms with Crippen LogP contribution in [0.1, 0.15) is 49.8 Å². The molecule has 188 valence electrons. The molecule has 6 nitrogen and oxygen atoms in total. The third kappa shape index (κ3) is 5.94. The van der Waals surface area contributed by atoms with Gasteiger partial charge in [0.05, 0.1) is 5.56 Å². The highest BCUT2D eigenvalue weighted by Crippen LogP contribution is 2.30. The van der Waals surface area contributed by atoms with Crippen molar-refractivity contribution in [3.05, 3.63) is 59.3 Å². The minimum atomic E-state index is -4.41. The van der Waals surface area contributed by atoms with Gasteiger partial charge in [0.15, 0.2) is 0 Å². The molecule has 35 heavy (non-hydrogen) atoms. The fourth-order valence-corrected chi connectivity index (χ4v) is 4.78. The topological polar surface area (TPSA) is 65.5 Å². The number of alkyl halides is 3. The smallest absolute Gasteiger partial charge is 0.356 e. The van der Waals surface area contributed by atoms with Gasteiger partial charge in [0.2, 0.25) is 11.8 Å². The highest BCUT2D eigenvalue weighted by molar-refractivity contribution is 5.88. The molecular formula is C26H31F3N4O2. The van der Waals surface area contributed by atoms with E-state index < -0.39 is 17.8 Å². The number of anilines is 1. The lowest BCUT2D eigenvalue weighted by Gasteiger charge is -2.38. The van der Waals surface area contributed by atoms with E-state index in [9.17, 15) is 22.8 Å². The lowest BCUT2D eigenvalue weighted by molar-refractivity contribution is -0.142. The van der Waals surface area contributed by atoms with Crippen LogP contribution in [-0.4, -0.2) is 46.9 Å². The van der Waals surface area contributed by atoms with Gasteiger partial charge in [0.25, 0.3) is 0 Å². The van der Waals surface area contributed by atoms with Crippen LogP contribution >= 0.6 is 0 Å². The number of fused-ring (bicyclic) bond motifs is 1. The number of piperidine rings is 1. The molecule has 1 fully saturated rings. The molecular weight excluding hydrogens is 457 g/mol. The first-order chi connectivity index (χ1) is 16.6. The monoisotopic (exact) mass is 488 g/mol. The summed E-state index contributed by atoms with van der Waals surface area (Å²) in [5.74, 6) is 0.532. The first-order valence-electron chi connectivity index (χ1n) is 12.1. The first-order valence-corrected chi connectivity index (χ1v) is 12.1. The molecule has 9 heteroatoms. The van der Waals surface area contributed by atoms with Crippen LogP contribution < -0.4 is 10.2 Å². The van der Waals surface area contributed by atoms with Crippen LogP contribution in [-0.2, 0) is 28.7 Å².